The van der Waals surface area contributed by atoms with Crippen LogP contribution >= 0.6 is 0 Å². The van der Waals surface area contributed by atoms with E-state index in [0.29, 0.717) is 18.5 Å². The van der Waals surface area contributed by atoms with Gasteiger partial charge in [-0.1, -0.05) is 48.6 Å². The second-order valence-electron chi connectivity index (χ2n) is 9.00. The number of carbonyl (C=O) groups is 2. The lowest BCUT2D eigenvalue weighted by Crippen LogP contribution is -2.29. The smallest absolute Gasteiger partial charge is 0.251 e. The highest BCUT2D eigenvalue weighted by Gasteiger charge is 2.18. The van der Waals surface area contributed by atoms with Crippen molar-refractivity contribution in [2.75, 3.05) is 19.0 Å². The molecule has 2 aromatic carbocycles. The molecule has 0 bridgehead atoms. The fraction of sp³-hybridized carbons (Fsp3) is 0.267. The predicted octanol–water partition coefficient (Wildman–Crippen LogP) is 4.76. The normalized spacial score (nSPS) is 16.4. The van der Waals surface area contributed by atoms with Crippen LogP contribution in [0.4, 0.5) is 5.69 Å². The first-order valence-corrected chi connectivity index (χ1v) is 12.5. The van der Waals surface area contributed by atoms with Crippen molar-refractivity contribution < 1.29 is 14.3 Å². The summed E-state index contributed by atoms with van der Waals surface area (Å²) in [6.45, 7) is 2.07. The van der Waals surface area contributed by atoms with Gasteiger partial charge in [-0.3, -0.25) is 9.59 Å². The minimum Gasteiger partial charge on any atom is -0.377 e. The highest BCUT2D eigenvalue weighted by Crippen LogP contribution is 2.20. The maximum absolute atomic E-state index is 12.7. The summed E-state index contributed by atoms with van der Waals surface area (Å²) >= 11 is 0. The Bertz CT molecular complexity index is 1280. The van der Waals surface area contributed by atoms with Crippen molar-refractivity contribution in [2.45, 2.75) is 32.3 Å². The third-order valence-corrected chi connectivity index (χ3v) is 6.26. The number of rotatable bonds is 10. The SMILES string of the molecule is COC1C=CC=CC1CCNC(=O)c1cccc(CCc2nccc(-c3ccc(NC(C)=O)cc3)n2)c1. The Morgan fingerprint density at radius 1 is 1.00 bits per heavy atom. The van der Waals surface area contributed by atoms with Gasteiger partial charge in [-0.2, -0.15) is 0 Å². The molecule has 3 aromatic rings. The number of nitrogens with one attached hydrogen (secondary N) is 2. The minimum atomic E-state index is -0.103. The first-order chi connectivity index (χ1) is 18.0. The van der Waals surface area contributed by atoms with E-state index >= 15 is 0 Å². The second-order valence-corrected chi connectivity index (χ2v) is 9.00. The topological polar surface area (TPSA) is 93.2 Å². The average Bonchev–Trinajstić information content (AvgIpc) is 2.92. The molecule has 0 aliphatic heterocycles. The largest absolute Gasteiger partial charge is 0.377 e. The zero-order chi connectivity index (χ0) is 26.0. The summed E-state index contributed by atoms with van der Waals surface area (Å²) < 4.78 is 5.50. The molecule has 2 amide bonds. The number of nitrogens with zero attached hydrogens (tertiary/aromatic N) is 2. The van der Waals surface area contributed by atoms with Gasteiger partial charge in [0.15, 0.2) is 0 Å². The number of aromatic nitrogens is 2. The van der Waals surface area contributed by atoms with Crippen molar-refractivity contribution >= 4 is 17.5 Å². The molecule has 1 aliphatic rings. The van der Waals surface area contributed by atoms with Crippen molar-refractivity contribution in [3.63, 3.8) is 0 Å². The van der Waals surface area contributed by atoms with Crippen LogP contribution in [-0.2, 0) is 22.4 Å². The van der Waals surface area contributed by atoms with Gasteiger partial charge in [-0.15, -0.1) is 0 Å². The highest BCUT2D eigenvalue weighted by atomic mass is 16.5. The van der Waals surface area contributed by atoms with E-state index in [1.165, 1.54) is 6.92 Å². The Morgan fingerprint density at radius 3 is 2.59 bits per heavy atom. The number of amides is 2. The van der Waals surface area contributed by atoms with Crippen LogP contribution in [0, 0.1) is 5.92 Å². The number of methoxy groups -OCH3 is 1. The molecule has 0 spiro atoms. The zero-order valence-corrected chi connectivity index (χ0v) is 21.2. The van der Waals surface area contributed by atoms with Gasteiger partial charge < -0.3 is 15.4 Å². The van der Waals surface area contributed by atoms with Gasteiger partial charge in [0.1, 0.15) is 5.82 Å². The van der Waals surface area contributed by atoms with Gasteiger partial charge in [0, 0.05) is 55.9 Å². The quantitative estimate of drug-likeness (QED) is 0.422. The van der Waals surface area contributed by atoms with Crippen LogP contribution in [0.5, 0.6) is 0 Å². The number of allylic oxidation sites excluding steroid dienone is 2. The lowest BCUT2D eigenvalue weighted by molar-refractivity contribution is -0.114. The zero-order valence-electron chi connectivity index (χ0n) is 21.2. The summed E-state index contributed by atoms with van der Waals surface area (Å²) in [5.74, 6) is 0.814. The van der Waals surface area contributed by atoms with Crippen LogP contribution in [0.3, 0.4) is 0 Å². The van der Waals surface area contributed by atoms with E-state index in [1.807, 2.05) is 72.8 Å². The predicted molar refractivity (Wildman–Crippen MR) is 145 cm³/mol. The van der Waals surface area contributed by atoms with Crippen LogP contribution in [0.15, 0.2) is 85.1 Å². The van der Waals surface area contributed by atoms with Crippen LogP contribution in [0.25, 0.3) is 11.3 Å². The molecule has 37 heavy (non-hydrogen) atoms. The van der Waals surface area contributed by atoms with Crippen molar-refractivity contribution in [3.8, 4) is 11.3 Å². The Hall–Kier alpha value is -4.10. The van der Waals surface area contributed by atoms with E-state index in [0.717, 1.165) is 41.2 Å². The van der Waals surface area contributed by atoms with Crippen molar-refractivity contribution in [1.82, 2.24) is 15.3 Å². The molecule has 1 aliphatic carbocycles. The van der Waals surface area contributed by atoms with Gasteiger partial charge in [-0.25, -0.2) is 9.97 Å². The summed E-state index contributed by atoms with van der Waals surface area (Å²) in [6.07, 6.45) is 12.2. The number of aryl methyl sites for hydroxylation is 2. The lowest BCUT2D eigenvalue weighted by Gasteiger charge is -2.22. The third-order valence-electron chi connectivity index (χ3n) is 6.26. The highest BCUT2D eigenvalue weighted by molar-refractivity contribution is 5.94. The number of hydrogen-bond acceptors (Lipinski definition) is 5. The maximum Gasteiger partial charge on any atom is 0.251 e. The van der Waals surface area contributed by atoms with E-state index in [1.54, 1.807) is 13.3 Å². The number of benzene rings is 2. The van der Waals surface area contributed by atoms with Gasteiger partial charge in [0.2, 0.25) is 5.91 Å². The Balaban J connectivity index is 1.31. The number of ether oxygens (including phenoxy) is 1. The molecule has 1 aromatic heterocycles. The van der Waals surface area contributed by atoms with E-state index in [2.05, 4.69) is 21.7 Å². The van der Waals surface area contributed by atoms with Gasteiger partial charge >= 0.3 is 0 Å². The number of anilines is 1. The minimum absolute atomic E-state index is 0.0500. The average molecular weight is 497 g/mol. The molecule has 2 N–H and O–H groups in total. The number of hydrogen-bond donors (Lipinski definition) is 2. The van der Waals surface area contributed by atoms with Gasteiger partial charge in [0.05, 0.1) is 11.8 Å². The Labute approximate surface area is 217 Å². The third kappa shape index (κ3) is 7.44. The molecule has 1 heterocycles. The summed E-state index contributed by atoms with van der Waals surface area (Å²) in [5.41, 5.74) is 4.23. The molecule has 2 atom stereocenters. The van der Waals surface area contributed by atoms with Crippen LogP contribution in [0.1, 0.15) is 35.1 Å². The lowest BCUT2D eigenvalue weighted by atomic mass is 9.94. The van der Waals surface area contributed by atoms with Gasteiger partial charge in [0.25, 0.3) is 5.91 Å². The fourth-order valence-electron chi connectivity index (χ4n) is 4.33. The summed E-state index contributed by atoms with van der Waals surface area (Å²) in [7, 11) is 1.71. The van der Waals surface area contributed by atoms with Crippen molar-refractivity contribution in [2.24, 2.45) is 5.92 Å². The van der Waals surface area contributed by atoms with E-state index < -0.39 is 0 Å². The van der Waals surface area contributed by atoms with Crippen LogP contribution in [0.2, 0.25) is 0 Å². The summed E-state index contributed by atoms with van der Waals surface area (Å²) in [5, 5.41) is 5.80. The molecule has 2 unspecified atom stereocenters. The molecule has 7 nitrogen and oxygen atoms in total. The molecule has 0 radical (unpaired) electrons. The first-order valence-electron chi connectivity index (χ1n) is 12.5. The fourth-order valence-corrected chi connectivity index (χ4v) is 4.33. The molecule has 0 saturated carbocycles. The van der Waals surface area contributed by atoms with E-state index in [4.69, 9.17) is 9.72 Å². The van der Waals surface area contributed by atoms with E-state index in [9.17, 15) is 9.59 Å². The van der Waals surface area contributed by atoms with E-state index in [-0.39, 0.29) is 23.8 Å². The second kappa shape index (κ2) is 12.7. The maximum atomic E-state index is 12.7. The molecule has 0 saturated heterocycles. The summed E-state index contributed by atoms with van der Waals surface area (Å²) in [6, 6.07) is 17.1. The van der Waals surface area contributed by atoms with Gasteiger partial charge in [-0.05, 0) is 48.7 Å². The molecular weight excluding hydrogens is 464 g/mol. The number of carbonyl (C=O) groups excluding carboxylic acids is 2. The molecule has 0 fully saturated rings. The van der Waals surface area contributed by atoms with Crippen molar-refractivity contribution in [1.29, 1.82) is 0 Å². The molecule has 190 valence electrons. The molecular formula is C30H32N4O3. The molecule has 4 rings (SSSR count). The standard InChI is InChI=1S/C30H32N4O3/c1-21(35)33-26-13-11-23(12-14-26)27-17-19-31-29(34-27)15-10-22-6-5-8-25(20-22)30(36)32-18-16-24-7-3-4-9-28(24)37-2/h3-9,11-14,17,19-20,24,28H,10,15-16,18H2,1-2H3,(H,32,36)(H,33,35). The first kappa shape index (κ1) is 26.0. The molecule has 7 heteroatoms. The van der Waals surface area contributed by atoms with Crippen LogP contribution in [-0.4, -0.2) is 41.5 Å². The Morgan fingerprint density at radius 2 is 1.81 bits per heavy atom. The van der Waals surface area contributed by atoms with Crippen LogP contribution < -0.4 is 10.6 Å². The van der Waals surface area contributed by atoms with Crippen molar-refractivity contribution in [3.05, 3.63) is 102 Å². The monoisotopic (exact) mass is 496 g/mol. The Kier molecular flexibility index (Phi) is 8.94. The summed E-state index contributed by atoms with van der Waals surface area (Å²) in [4.78, 5) is 33.1.